The van der Waals surface area contributed by atoms with Gasteiger partial charge in [0.15, 0.2) is 11.2 Å². The number of hydrogen-bond donors (Lipinski definition) is 1. The molecule has 0 spiro atoms. The molecule has 0 saturated carbocycles. The summed E-state index contributed by atoms with van der Waals surface area (Å²) in [5, 5.41) is 3.80. The topological polar surface area (TPSA) is 76.4 Å². The van der Waals surface area contributed by atoms with Crippen molar-refractivity contribution >= 4 is 28.3 Å². The van der Waals surface area contributed by atoms with Gasteiger partial charge in [0.05, 0.1) is 0 Å². The Kier molecular flexibility index (Phi) is 7.45. The van der Waals surface area contributed by atoms with Crippen molar-refractivity contribution in [1.82, 2.24) is 0 Å². The van der Waals surface area contributed by atoms with Crippen LogP contribution in [0.25, 0.3) is 33.4 Å². The van der Waals surface area contributed by atoms with E-state index in [1.54, 1.807) is 12.1 Å². The molecule has 0 fully saturated rings. The lowest BCUT2D eigenvalue weighted by atomic mass is 9.89. The minimum absolute atomic E-state index is 0.0448. The third-order valence-electron chi connectivity index (χ3n) is 6.31. The highest BCUT2D eigenvalue weighted by Crippen LogP contribution is 2.42. The average molecular weight is 470 g/mol. The Morgan fingerprint density at radius 1 is 0.886 bits per heavy atom. The van der Waals surface area contributed by atoms with Gasteiger partial charge in [-0.25, -0.2) is 0 Å². The Morgan fingerprint density at radius 2 is 1.66 bits per heavy atom. The van der Waals surface area contributed by atoms with Crippen molar-refractivity contribution in [3.63, 3.8) is 0 Å². The summed E-state index contributed by atoms with van der Waals surface area (Å²) in [6, 6.07) is 16.1. The first kappa shape index (κ1) is 24.4. The minimum Gasteiger partial charge on any atom is -0.456 e. The number of hydrogen-bond acceptors (Lipinski definition) is 4. The van der Waals surface area contributed by atoms with Gasteiger partial charge in [-0.3, -0.25) is 14.4 Å². The van der Waals surface area contributed by atoms with Gasteiger partial charge in [-0.2, -0.15) is 0 Å². The van der Waals surface area contributed by atoms with Crippen LogP contribution in [0.15, 0.2) is 63.8 Å². The Bertz CT molecular complexity index is 1420. The lowest BCUT2D eigenvalue weighted by Gasteiger charge is -2.18. The highest BCUT2D eigenvalue weighted by atomic mass is 16.3. The van der Waals surface area contributed by atoms with Gasteiger partial charge in [0.2, 0.25) is 5.91 Å². The van der Waals surface area contributed by atoms with E-state index < -0.39 is 0 Å². The van der Waals surface area contributed by atoms with Crippen molar-refractivity contribution in [2.45, 2.75) is 59.3 Å². The first-order valence-corrected chi connectivity index (χ1v) is 12.3. The fraction of sp³-hybridized carbons (Fsp3) is 0.300. The van der Waals surface area contributed by atoms with E-state index in [1.165, 1.54) is 31.9 Å². The molecule has 4 rings (SSSR count). The summed E-state index contributed by atoms with van der Waals surface area (Å²) in [5.41, 5.74) is 4.97. The molecule has 5 heteroatoms. The summed E-state index contributed by atoms with van der Waals surface area (Å²) in [4.78, 5) is 37.2. The van der Waals surface area contributed by atoms with Gasteiger partial charge in [0.1, 0.15) is 11.3 Å². The van der Waals surface area contributed by atoms with Crippen LogP contribution in [0.5, 0.6) is 0 Å². The number of fused-ring (bicyclic) bond motifs is 2. The fourth-order valence-electron chi connectivity index (χ4n) is 4.51. The zero-order valence-electron chi connectivity index (χ0n) is 20.6. The molecule has 1 heterocycles. The van der Waals surface area contributed by atoms with E-state index in [-0.39, 0.29) is 17.1 Å². The number of benzene rings is 3. The van der Waals surface area contributed by atoms with E-state index in [4.69, 9.17) is 4.42 Å². The van der Waals surface area contributed by atoms with Gasteiger partial charge in [-0.05, 0) is 61.7 Å². The van der Waals surface area contributed by atoms with E-state index in [0.717, 1.165) is 46.9 Å². The number of ketones is 1. The average Bonchev–Trinajstić information content (AvgIpc) is 2.82. The summed E-state index contributed by atoms with van der Waals surface area (Å²) in [5.74, 6) is 0.322. The molecule has 1 aliphatic carbocycles. The maximum atomic E-state index is 12.7. The molecule has 0 bridgehead atoms. The summed E-state index contributed by atoms with van der Waals surface area (Å²) in [6.07, 6.45) is 5.87. The van der Waals surface area contributed by atoms with Crippen LogP contribution < -0.4 is 10.7 Å². The number of carbonyl (C=O) groups is 2. The number of Topliss-reactive ketones (excluding diaryl/α,β-unsaturated/α-hetero) is 1. The molecule has 0 unspecified atom stereocenters. The normalized spacial score (nSPS) is 11.2. The fourth-order valence-corrected chi connectivity index (χ4v) is 4.51. The number of unbranched alkanes of at least 4 members (excludes halogenated alkanes) is 4. The SMILES string of the molecule is CCCCCCCC(=O)Nc1ccc(-c2c3ccc(=O)cc-3oc3cc(C)ccc23)c(C(C)=O)c1. The molecule has 0 atom stereocenters. The lowest BCUT2D eigenvalue weighted by Crippen LogP contribution is -2.12. The molecule has 1 aliphatic heterocycles. The zero-order chi connectivity index (χ0) is 24.9. The van der Waals surface area contributed by atoms with E-state index in [1.807, 2.05) is 37.3 Å². The molecule has 2 aromatic carbocycles. The zero-order valence-corrected chi connectivity index (χ0v) is 20.6. The maximum Gasteiger partial charge on any atom is 0.224 e. The molecule has 0 radical (unpaired) electrons. The number of aryl methyl sites for hydroxylation is 1. The second kappa shape index (κ2) is 10.7. The van der Waals surface area contributed by atoms with Gasteiger partial charge >= 0.3 is 0 Å². The predicted molar refractivity (Wildman–Crippen MR) is 141 cm³/mol. The quantitative estimate of drug-likeness (QED) is 0.158. The maximum absolute atomic E-state index is 12.7. The molecule has 2 aliphatic rings. The first-order chi connectivity index (χ1) is 16.9. The number of carbonyl (C=O) groups excluding carboxylic acids is 2. The largest absolute Gasteiger partial charge is 0.456 e. The minimum atomic E-state index is -0.140. The molecule has 1 N–H and O–H groups in total. The van der Waals surface area contributed by atoms with Gasteiger partial charge in [0.25, 0.3) is 0 Å². The van der Waals surface area contributed by atoms with E-state index >= 15 is 0 Å². The van der Waals surface area contributed by atoms with Crippen molar-refractivity contribution < 1.29 is 14.0 Å². The summed E-state index contributed by atoms with van der Waals surface area (Å²) >= 11 is 0. The second-order valence-corrected chi connectivity index (χ2v) is 9.16. The highest BCUT2D eigenvalue weighted by Gasteiger charge is 2.21. The van der Waals surface area contributed by atoms with Crippen molar-refractivity contribution in [3.05, 3.63) is 75.9 Å². The molecule has 180 valence electrons. The number of amides is 1. The standard InChI is InChI=1S/C30H31NO4/c1-4-5-6-7-8-9-29(34)31-21-11-14-23(26(17-21)20(3)32)30-24-13-10-19(2)16-27(24)35-28-18-22(33)12-15-25(28)30/h10-18H,4-9H2,1-3H3,(H,31,34). The van der Waals surface area contributed by atoms with Crippen LogP contribution >= 0.6 is 0 Å². The van der Waals surface area contributed by atoms with Crippen LogP contribution in [0, 0.1) is 6.92 Å². The van der Waals surface area contributed by atoms with Crippen LogP contribution in [0.2, 0.25) is 0 Å². The van der Waals surface area contributed by atoms with Gasteiger partial charge in [0, 0.05) is 40.3 Å². The highest BCUT2D eigenvalue weighted by molar-refractivity contribution is 6.10. The third kappa shape index (κ3) is 5.51. The number of nitrogens with one attached hydrogen (secondary N) is 1. The Hall–Kier alpha value is -3.73. The van der Waals surface area contributed by atoms with Crippen LogP contribution in [-0.2, 0) is 4.79 Å². The van der Waals surface area contributed by atoms with E-state index in [2.05, 4.69) is 12.2 Å². The molecule has 1 amide bonds. The first-order valence-electron chi connectivity index (χ1n) is 12.3. The summed E-state index contributed by atoms with van der Waals surface area (Å²) < 4.78 is 6.07. The smallest absolute Gasteiger partial charge is 0.224 e. The van der Waals surface area contributed by atoms with Crippen molar-refractivity contribution in [1.29, 1.82) is 0 Å². The molecule has 5 nitrogen and oxygen atoms in total. The van der Waals surface area contributed by atoms with Gasteiger partial charge < -0.3 is 9.73 Å². The summed E-state index contributed by atoms with van der Waals surface area (Å²) in [7, 11) is 0. The Morgan fingerprint density at radius 3 is 2.43 bits per heavy atom. The predicted octanol–water partition coefficient (Wildman–Crippen LogP) is 7.37. The number of anilines is 1. The van der Waals surface area contributed by atoms with Crippen molar-refractivity contribution in [2.75, 3.05) is 5.32 Å². The third-order valence-corrected chi connectivity index (χ3v) is 6.31. The van der Waals surface area contributed by atoms with E-state index in [0.29, 0.717) is 29.0 Å². The molecular formula is C30H31NO4. The molecule has 2 aromatic rings. The molecule has 0 aromatic heterocycles. The Balaban J connectivity index is 1.74. The van der Waals surface area contributed by atoms with Crippen molar-refractivity contribution in [2.24, 2.45) is 0 Å². The van der Waals surface area contributed by atoms with Gasteiger partial charge in [-0.15, -0.1) is 0 Å². The van der Waals surface area contributed by atoms with Crippen LogP contribution in [0.3, 0.4) is 0 Å². The Labute approximate surface area is 205 Å². The lowest BCUT2D eigenvalue weighted by molar-refractivity contribution is -0.116. The summed E-state index contributed by atoms with van der Waals surface area (Å²) in [6.45, 7) is 5.67. The molecule has 35 heavy (non-hydrogen) atoms. The monoisotopic (exact) mass is 469 g/mol. The van der Waals surface area contributed by atoms with Gasteiger partial charge in [-0.1, -0.05) is 50.8 Å². The van der Waals surface area contributed by atoms with Crippen LogP contribution in [0.1, 0.15) is 68.3 Å². The second-order valence-electron chi connectivity index (χ2n) is 9.16. The van der Waals surface area contributed by atoms with Crippen LogP contribution in [-0.4, -0.2) is 11.7 Å². The van der Waals surface area contributed by atoms with E-state index in [9.17, 15) is 14.4 Å². The molecular weight excluding hydrogens is 438 g/mol. The molecule has 0 saturated heterocycles. The number of rotatable bonds is 9. The van der Waals surface area contributed by atoms with Crippen molar-refractivity contribution in [3.8, 4) is 22.5 Å². The van der Waals surface area contributed by atoms with Crippen LogP contribution in [0.4, 0.5) is 5.69 Å².